The highest BCUT2D eigenvalue weighted by atomic mass is 32.2. The molecule has 12 heteroatoms. The maximum Gasteiger partial charge on any atom is 0.182 e. The van der Waals surface area contributed by atoms with Crippen molar-refractivity contribution in [3.05, 3.63) is 48.7 Å². The fourth-order valence-corrected chi connectivity index (χ4v) is 8.62. The lowest BCUT2D eigenvalue weighted by atomic mass is 10.00. The number of nitrogens with one attached hydrogen (secondary N) is 1. The van der Waals surface area contributed by atoms with Crippen LogP contribution in [0.2, 0.25) is 0 Å². The van der Waals surface area contributed by atoms with Crippen LogP contribution in [0.25, 0.3) is 11.1 Å². The Hall–Kier alpha value is -3.14. The third kappa shape index (κ3) is 6.28. The summed E-state index contributed by atoms with van der Waals surface area (Å²) >= 11 is 0. The Morgan fingerprint density at radius 2 is 1.74 bits per heavy atom. The summed E-state index contributed by atoms with van der Waals surface area (Å²) in [4.78, 5) is 5.11. The Morgan fingerprint density at radius 1 is 1.05 bits per heavy atom. The van der Waals surface area contributed by atoms with Gasteiger partial charge in [-0.15, -0.1) is 5.10 Å². The second kappa shape index (κ2) is 12.2. The van der Waals surface area contributed by atoms with Crippen LogP contribution < -0.4 is 20.7 Å². The van der Waals surface area contributed by atoms with Crippen molar-refractivity contribution in [3.63, 3.8) is 0 Å². The van der Waals surface area contributed by atoms with E-state index in [9.17, 15) is 13.0 Å². The number of para-hydroxylation sites is 1. The average Bonchev–Trinajstić information content (AvgIpc) is 2.97. The fraction of sp³-hybridized carbons (Fsp3) is 0.467. The van der Waals surface area contributed by atoms with E-state index in [0.717, 1.165) is 62.6 Å². The lowest BCUT2D eigenvalue weighted by Crippen LogP contribution is -2.48. The van der Waals surface area contributed by atoms with Crippen molar-refractivity contribution in [2.45, 2.75) is 42.9 Å². The van der Waals surface area contributed by atoms with Crippen LogP contribution in [0.4, 0.5) is 22.9 Å². The molecule has 2 saturated heterocycles. The Morgan fingerprint density at radius 3 is 2.40 bits per heavy atom. The van der Waals surface area contributed by atoms with E-state index in [4.69, 9.17) is 10.5 Å². The topological polar surface area (TPSA) is 131 Å². The highest BCUT2D eigenvalue weighted by Crippen LogP contribution is 2.44. The number of piperidine rings is 1. The molecule has 5 rings (SSSR count). The minimum atomic E-state index is -3.54. The van der Waals surface area contributed by atoms with Crippen LogP contribution in [0, 0.1) is 0 Å². The molecule has 0 amide bonds. The number of nitrogens with two attached hydrogens (primary N) is 1. The zero-order valence-corrected chi connectivity index (χ0v) is 26.5. The summed E-state index contributed by atoms with van der Waals surface area (Å²) in [7, 11) is -3.84. The molecule has 0 aliphatic carbocycles. The van der Waals surface area contributed by atoms with Gasteiger partial charge in [0.15, 0.2) is 15.7 Å². The van der Waals surface area contributed by atoms with Gasteiger partial charge < -0.3 is 25.3 Å². The van der Waals surface area contributed by atoms with Crippen molar-refractivity contribution in [3.8, 4) is 16.9 Å². The molecule has 0 radical (unpaired) electrons. The minimum absolute atomic E-state index is 0.203. The van der Waals surface area contributed by atoms with E-state index in [0.29, 0.717) is 28.7 Å². The lowest BCUT2D eigenvalue weighted by Gasteiger charge is -2.42. The third-order valence-electron chi connectivity index (χ3n) is 8.48. The van der Waals surface area contributed by atoms with E-state index >= 15 is 0 Å². The molecule has 3 N–H and O–H groups in total. The summed E-state index contributed by atoms with van der Waals surface area (Å²) in [6.45, 7) is 9.00. The summed E-state index contributed by atoms with van der Waals surface area (Å²) in [6.07, 6.45) is 5.32. The number of rotatable bonds is 8. The van der Waals surface area contributed by atoms with Crippen LogP contribution in [-0.2, 0) is 14.4 Å². The molecule has 0 saturated carbocycles. The number of methoxy groups -OCH3 is 1. The summed E-state index contributed by atoms with van der Waals surface area (Å²) < 4.78 is 44.4. The molecule has 2 fully saturated rings. The number of nitrogens with zero attached hydrogens (tertiary/aromatic N) is 4. The number of hydrogen-bond donors (Lipinski definition) is 2. The van der Waals surface area contributed by atoms with Crippen LogP contribution in [-0.4, -0.2) is 87.1 Å². The Labute approximate surface area is 248 Å². The molecule has 2 aromatic carbocycles. The van der Waals surface area contributed by atoms with E-state index in [1.807, 2.05) is 18.8 Å². The van der Waals surface area contributed by atoms with Crippen molar-refractivity contribution >= 4 is 39.9 Å². The number of sulfone groups is 1. The number of hydrogen-bond acceptors (Lipinski definition) is 10. The monoisotopic (exact) mass is 612 g/mol. The van der Waals surface area contributed by atoms with Crippen molar-refractivity contribution in [2.24, 2.45) is 0 Å². The molecule has 0 atom stereocenters. The molecule has 3 heterocycles. The Balaban J connectivity index is 1.39. The van der Waals surface area contributed by atoms with Crippen molar-refractivity contribution < 1.29 is 17.7 Å². The van der Waals surface area contributed by atoms with Gasteiger partial charge in [-0.25, -0.2) is 8.42 Å². The van der Waals surface area contributed by atoms with Gasteiger partial charge in [-0.2, -0.15) is 5.10 Å². The van der Waals surface area contributed by atoms with Gasteiger partial charge in [0.1, 0.15) is 5.75 Å². The predicted molar refractivity (Wildman–Crippen MR) is 171 cm³/mol. The van der Waals surface area contributed by atoms with E-state index < -0.39 is 22.2 Å². The maximum absolute atomic E-state index is 13.1. The molecule has 0 spiro atoms. The summed E-state index contributed by atoms with van der Waals surface area (Å²) in [5, 5.41) is 10.8. The normalized spacial score (nSPS) is 18.3. The first-order valence-corrected chi connectivity index (χ1v) is 18.5. The second-order valence-electron chi connectivity index (χ2n) is 11.6. The summed E-state index contributed by atoms with van der Waals surface area (Å²) in [6, 6.07) is 13.4. The Kier molecular flexibility index (Phi) is 8.83. The van der Waals surface area contributed by atoms with Crippen molar-refractivity contribution in [2.75, 3.05) is 68.2 Å². The summed E-state index contributed by atoms with van der Waals surface area (Å²) in [5.41, 5.74) is 9.71. The van der Waals surface area contributed by atoms with E-state index in [1.54, 1.807) is 51.4 Å². The number of aromatic nitrogens is 2. The van der Waals surface area contributed by atoms with Gasteiger partial charge in [0, 0.05) is 61.9 Å². The standard InChI is InChI=1S/C30H41N6O4PS/c1-21(2)42(38,39)28-8-6-5-7-25(28)33-26-20-32-34-30(31)29(26)24-10-9-23(19-27(24)40-3)35-13-11-22(12-14-35)36-15-17-41(4,37)18-16-36/h5-10,19-22H,11-18H2,1-4H3,(H3,31,33,34). The molecule has 10 nitrogen and oxygen atoms in total. The van der Waals surface area contributed by atoms with E-state index in [1.165, 1.54) is 0 Å². The van der Waals surface area contributed by atoms with Crippen LogP contribution >= 0.6 is 7.14 Å². The van der Waals surface area contributed by atoms with Gasteiger partial charge in [-0.1, -0.05) is 12.1 Å². The first-order valence-electron chi connectivity index (χ1n) is 14.4. The van der Waals surface area contributed by atoms with Gasteiger partial charge in [0.05, 0.1) is 47.5 Å². The van der Waals surface area contributed by atoms with Gasteiger partial charge >= 0.3 is 0 Å². The molecule has 2 aliphatic rings. The fourth-order valence-electron chi connectivity index (χ4n) is 5.84. The summed E-state index contributed by atoms with van der Waals surface area (Å²) in [5.74, 6) is 0.837. The smallest absolute Gasteiger partial charge is 0.182 e. The average molecular weight is 613 g/mol. The maximum atomic E-state index is 13.1. The molecule has 3 aromatic rings. The van der Waals surface area contributed by atoms with Crippen molar-refractivity contribution in [1.29, 1.82) is 0 Å². The number of nitrogen functional groups attached to an aromatic ring is 1. The predicted octanol–water partition coefficient (Wildman–Crippen LogP) is 4.94. The quantitative estimate of drug-likeness (QED) is 0.338. The number of ether oxygens (including phenoxy) is 1. The van der Waals surface area contributed by atoms with E-state index in [2.05, 4.69) is 31.4 Å². The van der Waals surface area contributed by atoms with Crippen LogP contribution in [0.15, 0.2) is 53.6 Å². The van der Waals surface area contributed by atoms with Crippen LogP contribution in [0.5, 0.6) is 5.75 Å². The molecular weight excluding hydrogens is 571 g/mol. The third-order valence-corrected chi connectivity index (χ3v) is 13.0. The molecule has 1 aromatic heterocycles. The van der Waals surface area contributed by atoms with Crippen molar-refractivity contribution in [1.82, 2.24) is 15.1 Å². The molecule has 42 heavy (non-hydrogen) atoms. The SMILES string of the molecule is COc1cc(N2CCC(N3CCP(C)(=O)CC3)CC2)ccc1-c1c(Nc2ccccc2S(=O)(=O)C(C)C)cnnc1N. The molecule has 2 aliphatic heterocycles. The molecule has 0 bridgehead atoms. The van der Waals surface area contributed by atoms with Gasteiger partial charge in [-0.3, -0.25) is 4.90 Å². The lowest BCUT2D eigenvalue weighted by molar-refractivity contribution is 0.182. The molecule has 226 valence electrons. The molecular formula is C30H41N6O4PS. The molecule has 0 unspecified atom stereocenters. The van der Waals surface area contributed by atoms with Gasteiger partial charge in [0.25, 0.3) is 0 Å². The largest absolute Gasteiger partial charge is 0.496 e. The van der Waals surface area contributed by atoms with Crippen LogP contribution in [0.3, 0.4) is 0 Å². The number of benzene rings is 2. The first-order chi connectivity index (χ1) is 20.0. The number of anilines is 4. The van der Waals surface area contributed by atoms with Crippen LogP contribution in [0.1, 0.15) is 26.7 Å². The van der Waals surface area contributed by atoms with Gasteiger partial charge in [-0.05, 0) is 57.6 Å². The zero-order valence-electron chi connectivity index (χ0n) is 24.8. The van der Waals surface area contributed by atoms with E-state index in [-0.39, 0.29) is 10.7 Å². The van der Waals surface area contributed by atoms with Gasteiger partial charge in [0.2, 0.25) is 0 Å². The Bertz CT molecular complexity index is 1580. The zero-order chi connectivity index (χ0) is 30.1. The minimum Gasteiger partial charge on any atom is -0.496 e. The second-order valence-corrected chi connectivity index (χ2v) is 17.6. The highest BCUT2D eigenvalue weighted by Gasteiger charge is 2.31. The first kappa shape index (κ1) is 30.3. The highest BCUT2D eigenvalue weighted by molar-refractivity contribution is 7.92.